The molecule has 0 aliphatic carbocycles. The highest BCUT2D eigenvalue weighted by Gasteiger charge is 2.17. The summed E-state index contributed by atoms with van der Waals surface area (Å²) in [5.41, 5.74) is 2.20. The van der Waals surface area contributed by atoms with Gasteiger partial charge in [-0.05, 0) is 37.1 Å². The van der Waals surface area contributed by atoms with Gasteiger partial charge < -0.3 is 9.88 Å². The van der Waals surface area contributed by atoms with E-state index in [4.69, 9.17) is 10.7 Å². The van der Waals surface area contributed by atoms with Gasteiger partial charge in [-0.15, -0.1) is 0 Å². The molecule has 0 atom stereocenters. The van der Waals surface area contributed by atoms with Crippen molar-refractivity contribution in [2.45, 2.75) is 18.7 Å². The number of nitrogens with one attached hydrogen (secondary N) is 1. The van der Waals surface area contributed by atoms with Crippen LogP contribution in [-0.4, -0.2) is 23.9 Å². The lowest BCUT2D eigenvalue weighted by atomic mass is 10.1. The molecule has 0 spiro atoms. The number of aryl methyl sites for hydroxylation is 3. The minimum Gasteiger partial charge on any atom is -0.330 e. The van der Waals surface area contributed by atoms with E-state index in [9.17, 15) is 13.2 Å². The lowest BCUT2D eigenvalue weighted by Gasteiger charge is -2.13. The highest BCUT2D eigenvalue weighted by molar-refractivity contribution is 8.13. The minimum absolute atomic E-state index is 0.0118. The Balaban J connectivity index is 2.38. The molecular formula is C13H14ClN3O3S. The first-order valence-electron chi connectivity index (χ1n) is 6.03. The largest absolute Gasteiger partial charge is 0.330 e. The quantitative estimate of drug-likeness (QED) is 0.876. The van der Waals surface area contributed by atoms with Crippen LogP contribution in [0.4, 0.5) is 5.69 Å². The molecule has 0 bridgehead atoms. The Hall–Kier alpha value is -1.86. The van der Waals surface area contributed by atoms with E-state index in [0.717, 1.165) is 0 Å². The summed E-state index contributed by atoms with van der Waals surface area (Å²) in [6, 6.07) is 2.85. The van der Waals surface area contributed by atoms with Crippen molar-refractivity contribution in [2.24, 2.45) is 7.05 Å². The summed E-state index contributed by atoms with van der Waals surface area (Å²) in [5, 5.41) is 2.76. The molecule has 0 saturated heterocycles. The van der Waals surface area contributed by atoms with E-state index in [2.05, 4.69) is 10.3 Å². The summed E-state index contributed by atoms with van der Waals surface area (Å²) in [6.07, 6.45) is 2.98. The molecule has 1 heterocycles. The molecule has 8 heteroatoms. The molecule has 1 aromatic heterocycles. The van der Waals surface area contributed by atoms with Crippen molar-refractivity contribution in [1.29, 1.82) is 0 Å². The van der Waals surface area contributed by atoms with Crippen molar-refractivity contribution in [3.05, 3.63) is 41.5 Å². The Bertz CT molecular complexity index is 789. The standard InChI is InChI=1S/C13H14ClN3O3S/c1-8-4-10(21(14,19)20)5-9(2)12(8)16-13(18)11-6-15-7-17(11)3/h4-7H,1-3H3,(H,16,18). The molecule has 112 valence electrons. The summed E-state index contributed by atoms with van der Waals surface area (Å²) in [5.74, 6) is -0.317. The Morgan fingerprint density at radius 2 is 1.86 bits per heavy atom. The number of hydrogen-bond donors (Lipinski definition) is 1. The zero-order chi connectivity index (χ0) is 15.8. The second kappa shape index (κ2) is 5.50. The number of benzene rings is 1. The molecule has 2 aromatic rings. The maximum atomic E-state index is 12.2. The van der Waals surface area contributed by atoms with Crippen LogP contribution >= 0.6 is 10.7 Å². The minimum atomic E-state index is -3.80. The number of imidazole rings is 1. The predicted molar refractivity (Wildman–Crippen MR) is 80.1 cm³/mol. The van der Waals surface area contributed by atoms with Gasteiger partial charge in [-0.25, -0.2) is 13.4 Å². The fraction of sp³-hybridized carbons (Fsp3) is 0.231. The van der Waals surface area contributed by atoms with E-state index in [1.165, 1.54) is 24.7 Å². The molecule has 21 heavy (non-hydrogen) atoms. The van der Waals surface area contributed by atoms with E-state index in [-0.39, 0.29) is 10.8 Å². The highest BCUT2D eigenvalue weighted by atomic mass is 35.7. The van der Waals surface area contributed by atoms with E-state index >= 15 is 0 Å². The first-order chi connectivity index (χ1) is 9.70. The molecule has 1 aromatic carbocycles. The average molecular weight is 328 g/mol. The van der Waals surface area contributed by atoms with Gasteiger partial charge in [0.1, 0.15) is 5.69 Å². The fourth-order valence-electron chi connectivity index (χ4n) is 2.02. The second-order valence-corrected chi connectivity index (χ2v) is 7.28. The van der Waals surface area contributed by atoms with Crippen LogP contribution in [0.15, 0.2) is 29.6 Å². The van der Waals surface area contributed by atoms with Gasteiger partial charge in [0, 0.05) is 23.4 Å². The predicted octanol–water partition coefficient (Wildman–Crippen LogP) is 2.22. The molecular weight excluding hydrogens is 314 g/mol. The summed E-state index contributed by atoms with van der Waals surface area (Å²) in [4.78, 5) is 16.1. The van der Waals surface area contributed by atoms with Crippen molar-refractivity contribution < 1.29 is 13.2 Å². The van der Waals surface area contributed by atoms with Crippen LogP contribution in [0.25, 0.3) is 0 Å². The van der Waals surface area contributed by atoms with Crippen LogP contribution in [0.3, 0.4) is 0 Å². The monoisotopic (exact) mass is 327 g/mol. The number of anilines is 1. The fourth-order valence-corrected chi connectivity index (χ4v) is 2.92. The molecule has 0 aliphatic heterocycles. The van der Waals surface area contributed by atoms with Gasteiger partial charge >= 0.3 is 0 Å². The van der Waals surface area contributed by atoms with Crippen molar-refractivity contribution in [3.8, 4) is 0 Å². The molecule has 0 fully saturated rings. The van der Waals surface area contributed by atoms with Crippen LogP contribution in [-0.2, 0) is 16.1 Å². The third kappa shape index (κ3) is 3.25. The van der Waals surface area contributed by atoms with Crippen molar-refractivity contribution in [2.75, 3.05) is 5.32 Å². The average Bonchev–Trinajstić information content (AvgIpc) is 2.78. The van der Waals surface area contributed by atoms with Gasteiger partial charge in [-0.2, -0.15) is 0 Å². The lowest BCUT2D eigenvalue weighted by Crippen LogP contribution is -2.17. The zero-order valence-corrected chi connectivity index (χ0v) is 13.3. The second-order valence-electron chi connectivity index (χ2n) is 4.71. The number of amides is 1. The Labute approximate surface area is 127 Å². The first kappa shape index (κ1) is 15.5. The maximum Gasteiger partial charge on any atom is 0.273 e. The van der Waals surface area contributed by atoms with Gasteiger partial charge in [0.05, 0.1) is 17.4 Å². The van der Waals surface area contributed by atoms with Gasteiger partial charge in [0.15, 0.2) is 0 Å². The number of aromatic nitrogens is 2. The molecule has 0 unspecified atom stereocenters. The van der Waals surface area contributed by atoms with E-state index in [0.29, 0.717) is 22.5 Å². The van der Waals surface area contributed by atoms with Gasteiger partial charge in [0.25, 0.3) is 15.0 Å². The number of rotatable bonds is 3. The van der Waals surface area contributed by atoms with E-state index < -0.39 is 9.05 Å². The Kier molecular flexibility index (Phi) is 4.06. The smallest absolute Gasteiger partial charge is 0.273 e. The zero-order valence-electron chi connectivity index (χ0n) is 11.7. The summed E-state index contributed by atoms with van der Waals surface area (Å²) in [7, 11) is 3.25. The van der Waals surface area contributed by atoms with E-state index in [1.54, 1.807) is 25.5 Å². The SMILES string of the molecule is Cc1cc(S(=O)(=O)Cl)cc(C)c1NC(=O)c1cncn1C. The molecule has 2 rings (SSSR count). The number of halogens is 1. The summed E-state index contributed by atoms with van der Waals surface area (Å²) in [6.45, 7) is 3.41. The molecule has 0 aliphatic rings. The summed E-state index contributed by atoms with van der Waals surface area (Å²) >= 11 is 0. The lowest BCUT2D eigenvalue weighted by molar-refractivity contribution is 0.101. The maximum absolute atomic E-state index is 12.2. The molecule has 0 saturated carbocycles. The Morgan fingerprint density at radius 1 is 1.29 bits per heavy atom. The molecule has 1 amide bonds. The van der Waals surface area contributed by atoms with Crippen molar-refractivity contribution in [1.82, 2.24) is 9.55 Å². The van der Waals surface area contributed by atoms with Gasteiger partial charge in [0.2, 0.25) is 0 Å². The normalized spacial score (nSPS) is 11.4. The van der Waals surface area contributed by atoms with Crippen LogP contribution in [0, 0.1) is 13.8 Å². The number of carbonyl (C=O) groups excluding carboxylic acids is 1. The van der Waals surface area contributed by atoms with Gasteiger partial charge in [-0.1, -0.05) is 0 Å². The number of nitrogens with zero attached hydrogens (tertiary/aromatic N) is 2. The molecule has 1 N–H and O–H groups in total. The first-order valence-corrected chi connectivity index (χ1v) is 8.34. The Morgan fingerprint density at radius 3 is 2.29 bits per heavy atom. The van der Waals surface area contributed by atoms with Crippen LogP contribution in [0.1, 0.15) is 21.6 Å². The number of hydrogen-bond acceptors (Lipinski definition) is 4. The third-order valence-electron chi connectivity index (χ3n) is 3.08. The molecule has 0 radical (unpaired) electrons. The van der Waals surface area contributed by atoms with Crippen molar-refractivity contribution in [3.63, 3.8) is 0 Å². The van der Waals surface area contributed by atoms with Crippen LogP contribution in [0.2, 0.25) is 0 Å². The van der Waals surface area contributed by atoms with E-state index in [1.807, 2.05) is 0 Å². The van der Waals surface area contributed by atoms with Crippen LogP contribution < -0.4 is 5.32 Å². The highest BCUT2D eigenvalue weighted by Crippen LogP contribution is 2.26. The molecule has 6 nitrogen and oxygen atoms in total. The van der Waals surface area contributed by atoms with Gasteiger partial charge in [-0.3, -0.25) is 4.79 Å². The van der Waals surface area contributed by atoms with Crippen molar-refractivity contribution >= 4 is 31.3 Å². The summed E-state index contributed by atoms with van der Waals surface area (Å²) < 4.78 is 24.3. The number of carbonyl (C=O) groups is 1. The third-order valence-corrected chi connectivity index (χ3v) is 4.41. The van der Waals surface area contributed by atoms with Crippen LogP contribution in [0.5, 0.6) is 0 Å². The topological polar surface area (TPSA) is 81.1 Å².